The van der Waals surface area contributed by atoms with Gasteiger partial charge in [0.25, 0.3) is 0 Å². The van der Waals surface area contributed by atoms with Crippen molar-refractivity contribution in [2.24, 2.45) is 5.92 Å². The van der Waals surface area contributed by atoms with Crippen LogP contribution in [-0.4, -0.2) is 47.7 Å². The van der Waals surface area contributed by atoms with E-state index in [1.807, 2.05) is 0 Å². The van der Waals surface area contributed by atoms with Gasteiger partial charge in [0.05, 0.1) is 17.3 Å². The molecule has 6 nitrogen and oxygen atoms in total. The second-order valence-corrected chi connectivity index (χ2v) is 11.3. The van der Waals surface area contributed by atoms with Gasteiger partial charge < -0.3 is 4.74 Å². The molecule has 0 amide bonds. The Hall–Kier alpha value is -1.19. The van der Waals surface area contributed by atoms with Crippen molar-refractivity contribution in [3.8, 4) is 0 Å². The molecule has 2 aromatic rings. The molecule has 0 unspecified atom stereocenters. The topological polar surface area (TPSA) is 86.2 Å². The highest BCUT2D eigenvalue weighted by atomic mass is 32.2. The van der Waals surface area contributed by atoms with Gasteiger partial charge in [-0.15, -0.1) is 11.3 Å². The lowest BCUT2D eigenvalue weighted by molar-refractivity contribution is -0.144. The van der Waals surface area contributed by atoms with Crippen molar-refractivity contribution in [2.75, 3.05) is 17.3 Å². The van der Waals surface area contributed by atoms with Crippen LogP contribution in [0.5, 0.6) is 0 Å². The van der Waals surface area contributed by atoms with Crippen LogP contribution in [0, 0.1) is 5.92 Å². The summed E-state index contributed by atoms with van der Waals surface area (Å²) in [4.78, 5) is 23.3. The summed E-state index contributed by atoms with van der Waals surface area (Å²) in [5.41, 5.74) is 1.33. The first-order valence-electron chi connectivity index (χ1n) is 8.69. The van der Waals surface area contributed by atoms with Gasteiger partial charge in [0.1, 0.15) is 22.3 Å². The van der Waals surface area contributed by atoms with Gasteiger partial charge in [0, 0.05) is 10.3 Å². The molecular formula is C17H20N2O4S3. The number of fused-ring (bicyclic) bond motifs is 3. The van der Waals surface area contributed by atoms with Gasteiger partial charge in [0.2, 0.25) is 0 Å². The molecule has 140 valence electrons. The van der Waals surface area contributed by atoms with E-state index in [1.165, 1.54) is 22.2 Å². The van der Waals surface area contributed by atoms with Crippen LogP contribution in [0.3, 0.4) is 0 Å². The first-order chi connectivity index (χ1) is 12.4. The maximum atomic E-state index is 12.1. The lowest BCUT2D eigenvalue weighted by atomic mass is 9.89. The smallest absolute Gasteiger partial charge is 0.316 e. The molecule has 1 aliphatic carbocycles. The number of esters is 1. The van der Waals surface area contributed by atoms with E-state index in [1.54, 1.807) is 17.7 Å². The van der Waals surface area contributed by atoms with Crippen molar-refractivity contribution in [1.82, 2.24) is 9.97 Å². The predicted molar refractivity (Wildman–Crippen MR) is 102 cm³/mol. The SMILES string of the molecule is C[C@H]1CCc2c(sc3ncnc(SCC(=O)O[C@H]4CCS(=O)(=O)C4)c23)C1. The number of hydrogen-bond donors (Lipinski definition) is 0. The fourth-order valence-electron chi connectivity index (χ4n) is 3.56. The molecule has 0 saturated carbocycles. The Bertz CT molecular complexity index is 954. The lowest BCUT2D eigenvalue weighted by Gasteiger charge is -2.18. The molecule has 0 radical (unpaired) electrons. The fourth-order valence-corrected chi connectivity index (χ4v) is 7.37. The Balaban J connectivity index is 1.47. The number of carbonyl (C=O) groups is 1. The largest absolute Gasteiger partial charge is 0.461 e. The number of aromatic nitrogens is 2. The second-order valence-electron chi connectivity index (χ2n) is 7.01. The molecular weight excluding hydrogens is 392 g/mol. The number of carbonyl (C=O) groups excluding carboxylic acids is 1. The zero-order chi connectivity index (χ0) is 18.3. The summed E-state index contributed by atoms with van der Waals surface area (Å²) in [5.74, 6) is 0.476. The number of nitrogens with zero attached hydrogens (tertiary/aromatic N) is 2. The zero-order valence-corrected chi connectivity index (χ0v) is 16.9. The third kappa shape index (κ3) is 3.75. The molecule has 2 aliphatic rings. The molecule has 1 fully saturated rings. The molecule has 2 atom stereocenters. The summed E-state index contributed by atoms with van der Waals surface area (Å²) < 4.78 is 28.2. The predicted octanol–water partition coefficient (Wildman–Crippen LogP) is 2.64. The Kier molecular flexibility index (Phi) is 4.96. The van der Waals surface area contributed by atoms with Gasteiger partial charge >= 0.3 is 5.97 Å². The number of thioether (sulfide) groups is 1. The van der Waals surface area contributed by atoms with Crippen molar-refractivity contribution >= 4 is 49.1 Å². The van der Waals surface area contributed by atoms with Crippen LogP contribution < -0.4 is 0 Å². The number of hydrogen-bond acceptors (Lipinski definition) is 8. The second kappa shape index (κ2) is 7.09. The van der Waals surface area contributed by atoms with Crippen LogP contribution in [0.25, 0.3) is 10.2 Å². The van der Waals surface area contributed by atoms with Crippen LogP contribution in [0.2, 0.25) is 0 Å². The number of aryl methyl sites for hydroxylation is 1. The molecule has 0 bridgehead atoms. The molecule has 0 spiro atoms. The Labute approximate surface area is 160 Å². The number of rotatable bonds is 4. The Morgan fingerprint density at radius 2 is 2.23 bits per heavy atom. The number of ether oxygens (including phenoxy) is 1. The van der Waals surface area contributed by atoms with Gasteiger partial charge in [0.15, 0.2) is 9.84 Å². The van der Waals surface area contributed by atoms with E-state index in [9.17, 15) is 13.2 Å². The van der Waals surface area contributed by atoms with E-state index in [0.29, 0.717) is 12.3 Å². The van der Waals surface area contributed by atoms with E-state index in [4.69, 9.17) is 4.74 Å². The van der Waals surface area contributed by atoms with Gasteiger partial charge in [-0.05, 0) is 37.2 Å². The molecule has 26 heavy (non-hydrogen) atoms. The lowest BCUT2D eigenvalue weighted by Crippen LogP contribution is -2.20. The molecule has 4 rings (SSSR count). The normalized spacial score (nSPS) is 24.5. The third-order valence-corrected chi connectivity index (χ3v) is 8.74. The van der Waals surface area contributed by atoms with Crippen LogP contribution in [0.1, 0.15) is 30.2 Å². The molecule has 0 aromatic carbocycles. The minimum atomic E-state index is -3.05. The molecule has 1 aliphatic heterocycles. The first kappa shape index (κ1) is 18.2. The van der Waals surface area contributed by atoms with Crippen molar-refractivity contribution in [2.45, 2.75) is 43.7 Å². The third-order valence-electron chi connectivity index (χ3n) is 4.87. The summed E-state index contributed by atoms with van der Waals surface area (Å²) in [7, 11) is -3.05. The molecule has 0 N–H and O–H groups in total. The van der Waals surface area contributed by atoms with Crippen molar-refractivity contribution in [3.05, 3.63) is 16.8 Å². The quantitative estimate of drug-likeness (QED) is 0.433. The van der Waals surface area contributed by atoms with Crippen molar-refractivity contribution in [1.29, 1.82) is 0 Å². The van der Waals surface area contributed by atoms with Gasteiger partial charge in [-0.25, -0.2) is 18.4 Å². The minimum absolute atomic E-state index is 0.0582. The summed E-state index contributed by atoms with van der Waals surface area (Å²) in [6, 6.07) is 0. The van der Waals surface area contributed by atoms with Crippen LogP contribution in [0.4, 0.5) is 0 Å². The number of thiophene rings is 1. The first-order valence-corrected chi connectivity index (χ1v) is 12.3. The van der Waals surface area contributed by atoms with Gasteiger partial charge in [-0.1, -0.05) is 18.7 Å². The standard InChI is InChI=1S/C17H20N2O4S3/c1-10-2-3-12-13(6-10)25-17-15(12)16(18-9-19-17)24-7-14(20)23-11-4-5-26(21,22)8-11/h9-11H,2-8H2,1H3/t10-,11-/m0/s1. The highest BCUT2D eigenvalue weighted by molar-refractivity contribution is 8.00. The van der Waals surface area contributed by atoms with Crippen LogP contribution in [0.15, 0.2) is 11.4 Å². The van der Waals surface area contributed by atoms with E-state index < -0.39 is 15.9 Å². The van der Waals surface area contributed by atoms with Crippen LogP contribution >= 0.6 is 23.1 Å². The summed E-state index contributed by atoms with van der Waals surface area (Å²) in [6.07, 6.45) is 4.71. The van der Waals surface area contributed by atoms with Gasteiger partial charge in [-0.3, -0.25) is 4.79 Å². The van der Waals surface area contributed by atoms with E-state index in [-0.39, 0.29) is 23.2 Å². The van der Waals surface area contributed by atoms with Gasteiger partial charge in [-0.2, -0.15) is 0 Å². The minimum Gasteiger partial charge on any atom is -0.461 e. The Morgan fingerprint density at radius 1 is 1.38 bits per heavy atom. The van der Waals surface area contributed by atoms with E-state index in [0.717, 1.165) is 34.5 Å². The summed E-state index contributed by atoms with van der Waals surface area (Å²) in [5, 5.41) is 1.90. The molecule has 2 aromatic heterocycles. The maximum Gasteiger partial charge on any atom is 0.316 e. The summed E-state index contributed by atoms with van der Waals surface area (Å²) >= 11 is 3.08. The van der Waals surface area contributed by atoms with Crippen molar-refractivity contribution in [3.63, 3.8) is 0 Å². The summed E-state index contributed by atoms with van der Waals surface area (Å²) in [6.45, 7) is 2.27. The number of sulfone groups is 1. The van der Waals surface area contributed by atoms with Crippen LogP contribution in [-0.2, 0) is 32.2 Å². The average Bonchev–Trinajstić information content (AvgIpc) is 3.11. The highest BCUT2D eigenvalue weighted by Crippen LogP contribution is 2.40. The monoisotopic (exact) mass is 412 g/mol. The van der Waals surface area contributed by atoms with E-state index >= 15 is 0 Å². The van der Waals surface area contributed by atoms with E-state index in [2.05, 4.69) is 16.9 Å². The molecule has 3 heterocycles. The molecule has 9 heteroatoms. The average molecular weight is 413 g/mol. The zero-order valence-electron chi connectivity index (χ0n) is 14.4. The maximum absolute atomic E-state index is 12.1. The van der Waals surface area contributed by atoms with Crippen molar-refractivity contribution < 1.29 is 17.9 Å². The highest BCUT2D eigenvalue weighted by Gasteiger charge is 2.31. The molecule has 1 saturated heterocycles. The Morgan fingerprint density at radius 3 is 3.00 bits per heavy atom. The fraction of sp³-hybridized carbons (Fsp3) is 0.588.